The van der Waals surface area contributed by atoms with Crippen LogP contribution in [-0.4, -0.2) is 33.7 Å². The summed E-state index contributed by atoms with van der Waals surface area (Å²) in [6, 6.07) is 13.3. The molecule has 2 rings (SSSR count). The Morgan fingerprint density at radius 3 is 2.26 bits per heavy atom. The molecule has 27 heavy (non-hydrogen) atoms. The zero-order valence-electron chi connectivity index (χ0n) is 16.3. The Morgan fingerprint density at radius 1 is 1.11 bits per heavy atom. The van der Waals surface area contributed by atoms with Crippen molar-refractivity contribution in [3.8, 4) is 5.75 Å². The zero-order valence-corrected chi connectivity index (χ0v) is 17.1. The first-order valence-electron chi connectivity index (χ1n) is 8.64. The predicted octanol–water partition coefficient (Wildman–Crippen LogP) is 3.04. The number of amides is 1. The van der Waals surface area contributed by atoms with E-state index in [1.54, 1.807) is 32.2 Å². The van der Waals surface area contributed by atoms with Crippen LogP contribution < -0.4 is 14.4 Å². The molecular weight excluding hydrogens is 364 g/mol. The van der Waals surface area contributed by atoms with Gasteiger partial charge in [-0.05, 0) is 56.2 Å². The maximum atomic E-state index is 12.8. The van der Waals surface area contributed by atoms with Gasteiger partial charge in [0.2, 0.25) is 15.9 Å². The van der Waals surface area contributed by atoms with Gasteiger partial charge in [0.1, 0.15) is 11.8 Å². The summed E-state index contributed by atoms with van der Waals surface area (Å²) in [4.78, 5) is 12.8. The molecule has 146 valence electrons. The number of ether oxygens (including phenoxy) is 1. The largest absolute Gasteiger partial charge is 0.497 e. The molecular formula is C20H26N2O4S. The molecule has 0 radical (unpaired) electrons. The average Bonchev–Trinajstić information content (AvgIpc) is 2.60. The first kappa shape index (κ1) is 20.8. The minimum atomic E-state index is -3.63. The quantitative estimate of drug-likeness (QED) is 0.788. The van der Waals surface area contributed by atoms with Gasteiger partial charge in [-0.2, -0.15) is 0 Å². The Hall–Kier alpha value is -2.54. The molecule has 0 aliphatic heterocycles. The number of hydrogen-bond donors (Lipinski definition) is 1. The van der Waals surface area contributed by atoms with Crippen molar-refractivity contribution in [2.45, 2.75) is 32.9 Å². The molecule has 2 aromatic carbocycles. The van der Waals surface area contributed by atoms with Crippen molar-refractivity contribution in [1.29, 1.82) is 0 Å². The minimum Gasteiger partial charge on any atom is -0.497 e. The van der Waals surface area contributed by atoms with Crippen LogP contribution in [0, 0.1) is 6.92 Å². The molecule has 0 aromatic heterocycles. The van der Waals surface area contributed by atoms with Gasteiger partial charge in [-0.3, -0.25) is 9.10 Å². The molecule has 0 unspecified atom stereocenters. The van der Waals surface area contributed by atoms with Crippen LogP contribution in [0.2, 0.25) is 0 Å². The van der Waals surface area contributed by atoms with E-state index in [4.69, 9.17) is 4.74 Å². The minimum absolute atomic E-state index is 0.273. The SMILES string of the molecule is COc1ccc([C@H](C)NC(=O)[C@@H](C)N(c2cccc(C)c2)S(C)(=O)=O)cc1. The Morgan fingerprint density at radius 2 is 1.74 bits per heavy atom. The van der Waals surface area contributed by atoms with Crippen LogP contribution >= 0.6 is 0 Å². The second-order valence-electron chi connectivity index (χ2n) is 6.58. The molecule has 0 saturated carbocycles. The van der Waals surface area contributed by atoms with E-state index < -0.39 is 16.1 Å². The summed E-state index contributed by atoms with van der Waals surface area (Å²) in [7, 11) is -2.04. The molecule has 0 heterocycles. The number of nitrogens with zero attached hydrogens (tertiary/aromatic N) is 1. The van der Waals surface area contributed by atoms with E-state index in [0.717, 1.165) is 27.4 Å². The van der Waals surface area contributed by atoms with E-state index in [-0.39, 0.29) is 11.9 Å². The zero-order chi connectivity index (χ0) is 20.2. The van der Waals surface area contributed by atoms with E-state index in [0.29, 0.717) is 5.69 Å². The third kappa shape index (κ3) is 5.23. The van der Waals surface area contributed by atoms with E-state index in [1.165, 1.54) is 0 Å². The van der Waals surface area contributed by atoms with Crippen LogP contribution in [0.25, 0.3) is 0 Å². The topological polar surface area (TPSA) is 75.7 Å². The lowest BCUT2D eigenvalue weighted by atomic mass is 10.1. The monoisotopic (exact) mass is 390 g/mol. The van der Waals surface area contributed by atoms with Crippen molar-refractivity contribution in [2.24, 2.45) is 0 Å². The highest BCUT2D eigenvalue weighted by molar-refractivity contribution is 7.92. The molecule has 7 heteroatoms. The summed E-state index contributed by atoms with van der Waals surface area (Å²) in [5.74, 6) is 0.360. The van der Waals surface area contributed by atoms with E-state index in [1.807, 2.05) is 44.2 Å². The van der Waals surface area contributed by atoms with Gasteiger partial charge in [0.25, 0.3) is 0 Å². The fourth-order valence-corrected chi connectivity index (χ4v) is 4.05. The van der Waals surface area contributed by atoms with E-state index >= 15 is 0 Å². The van der Waals surface area contributed by atoms with Crippen LogP contribution in [-0.2, 0) is 14.8 Å². The molecule has 2 atom stereocenters. The number of methoxy groups -OCH3 is 1. The molecule has 0 bridgehead atoms. The van der Waals surface area contributed by atoms with Crippen molar-refractivity contribution >= 4 is 21.6 Å². The summed E-state index contributed by atoms with van der Waals surface area (Å²) >= 11 is 0. The van der Waals surface area contributed by atoms with Crippen molar-refractivity contribution in [3.63, 3.8) is 0 Å². The molecule has 0 spiro atoms. The molecule has 0 fully saturated rings. The highest BCUT2D eigenvalue weighted by Gasteiger charge is 2.29. The van der Waals surface area contributed by atoms with Crippen molar-refractivity contribution in [3.05, 3.63) is 59.7 Å². The number of rotatable bonds is 7. The maximum absolute atomic E-state index is 12.8. The first-order valence-corrected chi connectivity index (χ1v) is 10.5. The van der Waals surface area contributed by atoms with Gasteiger partial charge in [-0.25, -0.2) is 8.42 Å². The number of aryl methyl sites for hydroxylation is 1. The van der Waals surface area contributed by atoms with Crippen LogP contribution in [0.5, 0.6) is 5.75 Å². The fourth-order valence-electron chi connectivity index (χ4n) is 2.88. The van der Waals surface area contributed by atoms with Crippen LogP contribution in [0.3, 0.4) is 0 Å². The number of benzene rings is 2. The Kier molecular flexibility index (Phi) is 6.49. The molecule has 1 amide bonds. The molecule has 2 aromatic rings. The molecule has 1 N–H and O–H groups in total. The summed E-state index contributed by atoms with van der Waals surface area (Å²) in [5, 5.41) is 2.88. The van der Waals surface area contributed by atoms with Gasteiger partial charge in [0, 0.05) is 0 Å². The van der Waals surface area contributed by atoms with Gasteiger partial charge in [0.05, 0.1) is 25.1 Å². The Bertz CT molecular complexity index is 894. The van der Waals surface area contributed by atoms with Gasteiger partial charge >= 0.3 is 0 Å². The summed E-state index contributed by atoms with van der Waals surface area (Å²) in [5.41, 5.74) is 2.29. The number of hydrogen-bond acceptors (Lipinski definition) is 4. The number of nitrogens with one attached hydrogen (secondary N) is 1. The number of carbonyl (C=O) groups excluding carboxylic acids is 1. The van der Waals surface area contributed by atoms with Crippen molar-refractivity contribution in [1.82, 2.24) is 5.32 Å². The summed E-state index contributed by atoms with van der Waals surface area (Å²) in [6.45, 7) is 5.31. The van der Waals surface area contributed by atoms with Gasteiger partial charge < -0.3 is 10.1 Å². The van der Waals surface area contributed by atoms with Gasteiger partial charge in [-0.1, -0.05) is 24.3 Å². The van der Waals surface area contributed by atoms with E-state index in [2.05, 4.69) is 5.32 Å². The lowest BCUT2D eigenvalue weighted by Gasteiger charge is -2.29. The lowest BCUT2D eigenvalue weighted by molar-refractivity contribution is -0.122. The van der Waals surface area contributed by atoms with Gasteiger partial charge in [0.15, 0.2) is 0 Å². The Labute approximate surface area is 161 Å². The smallest absolute Gasteiger partial charge is 0.244 e. The maximum Gasteiger partial charge on any atom is 0.244 e. The summed E-state index contributed by atoms with van der Waals surface area (Å²) in [6.07, 6.45) is 1.10. The lowest BCUT2D eigenvalue weighted by Crippen LogP contribution is -2.48. The molecule has 0 aliphatic carbocycles. The third-order valence-corrected chi connectivity index (χ3v) is 5.56. The Balaban J connectivity index is 2.21. The van der Waals surface area contributed by atoms with Gasteiger partial charge in [-0.15, -0.1) is 0 Å². The van der Waals surface area contributed by atoms with E-state index in [9.17, 15) is 13.2 Å². The normalized spacial score (nSPS) is 13.5. The number of sulfonamides is 1. The third-order valence-electron chi connectivity index (χ3n) is 4.32. The standard InChI is InChI=1S/C20H26N2O4S/c1-14-7-6-8-18(13-14)22(27(5,24)25)16(3)20(23)21-15(2)17-9-11-19(26-4)12-10-17/h6-13,15-16H,1-5H3,(H,21,23)/t15-,16+/m0/s1. The molecule has 6 nitrogen and oxygen atoms in total. The van der Waals surface area contributed by atoms with Crippen LogP contribution in [0.1, 0.15) is 31.0 Å². The fraction of sp³-hybridized carbons (Fsp3) is 0.350. The van der Waals surface area contributed by atoms with Crippen LogP contribution in [0.15, 0.2) is 48.5 Å². The highest BCUT2D eigenvalue weighted by Crippen LogP contribution is 2.23. The second kappa shape index (κ2) is 8.43. The molecule has 0 saturated heterocycles. The van der Waals surface area contributed by atoms with Crippen molar-refractivity contribution in [2.75, 3.05) is 17.7 Å². The first-order chi connectivity index (χ1) is 12.6. The number of anilines is 1. The second-order valence-corrected chi connectivity index (χ2v) is 8.44. The van der Waals surface area contributed by atoms with Crippen LogP contribution in [0.4, 0.5) is 5.69 Å². The molecule has 0 aliphatic rings. The average molecular weight is 391 g/mol. The summed E-state index contributed by atoms with van der Waals surface area (Å²) < 4.78 is 31.0. The van der Waals surface area contributed by atoms with Crippen molar-refractivity contribution < 1.29 is 17.9 Å². The highest BCUT2D eigenvalue weighted by atomic mass is 32.2. The number of carbonyl (C=O) groups is 1. The predicted molar refractivity (Wildman–Crippen MR) is 108 cm³/mol.